The van der Waals surface area contributed by atoms with E-state index < -0.39 is 17.6 Å². The molecule has 5 rings (SSSR count). The molecular weight excluding hydrogens is 509 g/mol. The number of amides is 1. The van der Waals surface area contributed by atoms with E-state index in [9.17, 15) is 18.0 Å². The zero-order valence-electron chi connectivity index (χ0n) is 22.1. The summed E-state index contributed by atoms with van der Waals surface area (Å²) in [6.07, 6.45) is 2.31. The molecule has 0 radical (unpaired) electrons. The number of halogens is 3. The van der Waals surface area contributed by atoms with Crippen molar-refractivity contribution in [2.45, 2.75) is 45.7 Å². The van der Waals surface area contributed by atoms with Gasteiger partial charge in [-0.1, -0.05) is 24.1 Å². The van der Waals surface area contributed by atoms with Crippen molar-refractivity contribution in [3.8, 4) is 22.7 Å². The summed E-state index contributed by atoms with van der Waals surface area (Å²) in [6.45, 7) is 3.80. The number of benzene rings is 2. The molecule has 2 heterocycles. The van der Waals surface area contributed by atoms with Gasteiger partial charge in [0.05, 0.1) is 36.4 Å². The minimum absolute atomic E-state index is 0.0136. The van der Waals surface area contributed by atoms with E-state index >= 15 is 0 Å². The molecule has 11 heteroatoms. The van der Waals surface area contributed by atoms with Crippen molar-refractivity contribution in [3.05, 3.63) is 70.7 Å². The van der Waals surface area contributed by atoms with Crippen LogP contribution in [0.2, 0.25) is 0 Å². The zero-order valence-corrected chi connectivity index (χ0v) is 22.1. The smallest absolute Gasteiger partial charge is 0.416 e. The molecular formula is C28H29F3N6O2. The Morgan fingerprint density at radius 3 is 2.59 bits per heavy atom. The number of anilines is 1. The minimum atomic E-state index is -4.56. The minimum Gasteiger partial charge on any atom is -0.494 e. The molecule has 0 aliphatic heterocycles. The normalized spacial score (nSPS) is 13.5. The van der Waals surface area contributed by atoms with Gasteiger partial charge >= 0.3 is 6.18 Å². The number of carbonyl (C=O) groups is 1. The fourth-order valence-corrected chi connectivity index (χ4v) is 4.59. The van der Waals surface area contributed by atoms with Crippen molar-refractivity contribution in [3.63, 3.8) is 0 Å². The molecule has 2 aromatic carbocycles. The third-order valence-electron chi connectivity index (χ3n) is 7.19. The highest BCUT2D eigenvalue weighted by atomic mass is 19.4. The second-order valence-electron chi connectivity index (χ2n) is 9.97. The van der Waals surface area contributed by atoms with Crippen LogP contribution in [0, 0.1) is 19.8 Å². The van der Waals surface area contributed by atoms with Gasteiger partial charge in [0.2, 0.25) is 0 Å². The Bertz CT molecular complexity index is 1530. The molecule has 0 unspecified atom stereocenters. The Morgan fingerprint density at radius 1 is 1.18 bits per heavy atom. The summed E-state index contributed by atoms with van der Waals surface area (Å²) in [7, 11) is 3.24. The first kappa shape index (κ1) is 26.5. The van der Waals surface area contributed by atoms with Gasteiger partial charge in [-0.3, -0.25) is 9.48 Å². The third-order valence-corrected chi connectivity index (χ3v) is 7.19. The highest BCUT2D eigenvalue weighted by molar-refractivity contribution is 6.05. The number of hydrogen-bond acceptors (Lipinski definition) is 5. The zero-order chi connectivity index (χ0) is 27.9. The molecule has 39 heavy (non-hydrogen) atoms. The molecule has 0 saturated heterocycles. The van der Waals surface area contributed by atoms with E-state index in [0.29, 0.717) is 29.3 Å². The topological polar surface area (TPSA) is 86.9 Å². The number of hydrogen-bond donors (Lipinski definition) is 1. The van der Waals surface area contributed by atoms with Crippen molar-refractivity contribution in [2.75, 3.05) is 12.4 Å². The van der Waals surface area contributed by atoms with Gasteiger partial charge < -0.3 is 10.1 Å². The van der Waals surface area contributed by atoms with E-state index in [0.717, 1.165) is 48.2 Å². The number of methoxy groups -OCH3 is 1. The number of nitrogens with one attached hydrogen (secondary N) is 1. The summed E-state index contributed by atoms with van der Waals surface area (Å²) in [6, 6.07) is 7.05. The lowest BCUT2D eigenvalue weighted by Gasteiger charge is -2.18. The number of aromatic nitrogens is 5. The molecule has 1 amide bonds. The highest BCUT2D eigenvalue weighted by Gasteiger charge is 2.33. The first-order valence-electron chi connectivity index (χ1n) is 12.7. The fourth-order valence-electron chi connectivity index (χ4n) is 4.59. The first-order chi connectivity index (χ1) is 18.5. The molecule has 2 aromatic heterocycles. The van der Waals surface area contributed by atoms with Crippen LogP contribution in [0.15, 0.2) is 42.7 Å². The summed E-state index contributed by atoms with van der Waals surface area (Å²) >= 11 is 0. The summed E-state index contributed by atoms with van der Waals surface area (Å²) in [4.78, 5) is 13.3. The van der Waals surface area contributed by atoms with Crippen molar-refractivity contribution in [2.24, 2.45) is 13.0 Å². The molecule has 1 aliphatic rings. The lowest BCUT2D eigenvalue weighted by atomic mass is 10.0. The van der Waals surface area contributed by atoms with Crippen LogP contribution in [0.3, 0.4) is 0 Å². The van der Waals surface area contributed by atoms with E-state index in [-0.39, 0.29) is 17.0 Å². The average Bonchev–Trinajstić information content (AvgIpc) is 3.50. The molecule has 4 aromatic rings. The lowest BCUT2D eigenvalue weighted by molar-refractivity contribution is -0.137. The molecule has 1 fully saturated rings. The van der Waals surface area contributed by atoms with Gasteiger partial charge in [0.15, 0.2) is 0 Å². The maximum absolute atomic E-state index is 13.7. The second kappa shape index (κ2) is 10.2. The molecule has 1 aliphatic carbocycles. The van der Waals surface area contributed by atoms with Crippen LogP contribution in [0.25, 0.3) is 16.9 Å². The van der Waals surface area contributed by atoms with Gasteiger partial charge in [0.1, 0.15) is 11.4 Å². The van der Waals surface area contributed by atoms with Gasteiger partial charge in [-0.25, -0.2) is 4.68 Å². The van der Waals surface area contributed by atoms with Crippen LogP contribution in [0.4, 0.5) is 18.9 Å². The molecule has 204 valence electrons. The monoisotopic (exact) mass is 538 g/mol. The summed E-state index contributed by atoms with van der Waals surface area (Å²) in [5.74, 6) is 0.218. The van der Waals surface area contributed by atoms with Crippen LogP contribution in [-0.2, 0) is 19.6 Å². The number of nitrogens with zero attached hydrogens (tertiary/aromatic N) is 5. The Morgan fingerprint density at radius 2 is 1.95 bits per heavy atom. The number of aryl methyl sites for hydroxylation is 3. The number of ether oxygens (including phenoxy) is 1. The third kappa shape index (κ3) is 5.52. The Balaban J connectivity index is 1.45. The first-order valence-corrected chi connectivity index (χ1v) is 12.7. The Kier molecular flexibility index (Phi) is 6.92. The predicted octanol–water partition coefficient (Wildman–Crippen LogP) is 5.91. The fraction of sp³-hybridized carbons (Fsp3) is 0.357. The summed E-state index contributed by atoms with van der Waals surface area (Å²) in [5.41, 5.74) is 3.69. The van der Waals surface area contributed by atoms with Gasteiger partial charge in [-0.2, -0.15) is 18.3 Å². The second-order valence-corrected chi connectivity index (χ2v) is 9.97. The molecule has 8 nitrogen and oxygen atoms in total. The van der Waals surface area contributed by atoms with E-state index in [1.54, 1.807) is 40.0 Å². The molecule has 0 spiro atoms. The van der Waals surface area contributed by atoms with Gasteiger partial charge in [0.25, 0.3) is 5.91 Å². The van der Waals surface area contributed by atoms with Crippen LogP contribution >= 0.6 is 0 Å². The summed E-state index contributed by atoms with van der Waals surface area (Å²) in [5, 5.41) is 15.4. The van der Waals surface area contributed by atoms with Crippen LogP contribution in [0.5, 0.6) is 5.75 Å². The van der Waals surface area contributed by atoms with Crippen molar-refractivity contribution in [1.82, 2.24) is 24.8 Å². The van der Waals surface area contributed by atoms with Crippen molar-refractivity contribution >= 4 is 11.6 Å². The van der Waals surface area contributed by atoms with E-state index in [1.807, 2.05) is 20.9 Å². The van der Waals surface area contributed by atoms with Gasteiger partial charge in [-0.15, -0.1) is 5.10 Å². The highest BCUT2D eigenvalue weighted by Crippen LogP contribution is 2.41. The Labute approximate surface area is 223 Å². The predicted molar refractivity (Wildman–Crippen MR) is 140 cm³/mol. The van der Waals surface area contributed by atoms with Gasteiger partial charge in [0, 0.05) is 23.9 Å². The standard InChI is InChI=1S/C28H29F3N6O2/c1-16-5-9-20(12-25(16)37-15-24(34-35-37)22-14-32-36(3)17(22)2)27(38)33-23-13-21(28(29,30)31)11-19(26(23)39-4)10-8-18-6-7-18/h5,9,11-15,18H,6-8,10H2,1-4H3,(H,33,38). The molecule has 1 N–H and O–H groups in total. The van der Waals surface area contributed by atoms with E-state index in [4.69, 9.17) is 4.74 Å². The van der Waals surface area contributed by atoms with E-state index in [1.165, 1.54) is 7.11 Å². The maximum atomic E-state index is 13.7. The number of alkyl halides is 3. The lowest BCUT2D eigenvalue weighted by Crippen LogP contribution is -2.16. The quantitative estimate of drug-likeness (QED) is 0.302. The molecule has 0 atom stereocenters. The van der Waals surface area contributed by atoms with Crippen LogP contribution < -0.4 is 10.1 Å². The largest absolute Gasteiger partial charge is 0.494 e. The van der Waals surface area contributed by atoms with Crippen LogP contribution in [-0.4, -0.2) is 37.8 Å². The average molecular weight is 539 g/mol. The Hall–Kier alpha value is -4.15. The van der Waals surface area contributed by atoms with Gasteiger partial charge in [-0.05, 0) is 68.0 Å². The summed E-state index contributed by atoms with van der Waals surface area (Å²) < 4.78 is 49.9. The van der Waals surface area contributed by atoms with Crippen molar-refractivity contribution in [1.29, 1.82) is 0 Å². The number of carbonyl (C=O) groups excluding carboxylic acids is 1. The number of rotatable bonds is 8. The maximum Gasteiger partial charge on any atom is 0.416 e. The molecule has 1 saturated carbocycles. The van der Waals surface area contributed by atoms with E-state index in [2.05, 4.69) is 20.7 Å². The van der Waals surface area contributed by atoms with Crippen LogP contribution in [0.1, 0.15) is 52.0 Å². The van der Waals surface area contributed by atoms with Crippen molar-refractivity contribution < 1.29 is 22.7 Å². The SMILES string of the molecule is COc1c(CCC2CC2)cc(C(F)(F)F)cc1NC(=O)c1ccc(C)c(-n2cc(-c3cnn(C)c3C)nn2)c1. The molecule has 0 bridgehead atoms.